The fourth-order valence-corrected chi connectivity index (χ4v) is 3.01. The fourth-order valence-electron chi connectivity index (χ4n) is 3.01. The van der Waals surface area contributed by atoms with E-state index in [-0.39, 0.29) is 11.3 Å². The Labute approximate surface area is 172 Å². The van der Waals surface area contributed by atoms with Crippen molar-refractivity contribution in [3.8, 4) is 5.75 Å². The number of nitrogens with zero attached hydrogens (tertiary/aromatic N) is 2. The molecule has 0 saturated carbocycles. The van der Waals surface area contributed by atoms with E-state index >= 15 is 0 Å². The van der Waals surface area contributed by atoms with Crippen LogP contribution in [0.5, 0.6) is 5.75 Å². The maximum absolute atomic E-state index is 12.8. The second kappa shape index (κ2) is 9.26. The van der Waals surface area contributed by atoms with E-state index in [1.807, 2.05) is 42.5 Å². The summed E-state index contributed by atoms with van der Waals surface area (Å²) in [6.07, 6.45) is -0.649. The van der Waals surface area contributed by atoms with Gasteiger partial charge in [-0.3, -0.25) is 9.78 Å². The van der Waals surface area contributed by atoms with E-state index in [1.165, 1.54) is 35.3 Å². The first-order valence-electron chi connectivity index (χ1n) is 9.10. The van der Waals surface area contributed by atoms with Crippen molar-refractivity contribution in [2.24, 2.45) is 0 Å². The highest BCUT2D eigenvalue weighted by Crippen LogP contribution is 2.28. The highest BCUT2D eigenvalue weighted by atomic mass is 19.4. The molecule has 1 aromatic heterocycles. The van der Waals surface area contributed by atoms with Crippen LogP contribution in [0.2, 0.25) is 0 Å². The standard InChI is InChI=1S/C23H19F3N2O2/c1-28(22(18-10-3-2-4-11-18)19-12-7-8-16-27-19)21(29)15-14-17-9-5-6-13-20(17)30-23(24,25)26/h2-16,22H,1H3/b15-14+. The quantitative estimate of drug-likeness (QED) is 0.520. The third kappa shape index (κ3) is 5.47. The number of para-hydroxylation sites is 1. The Morgan fingerprint density at radius 2 is 1.67 bits per heavy atom. The van der Waals surface area contributed by atoms with Crippen LogP contribution in [0.15, 0.2) is 85.1 Å². The van der Waals surface area contributed by atoms with Crippen molar-refractivity contribution in [3.63, 3.8) is 0 Å². The van der Waals surface area contributed by atoms with Crippen LogP contribution < -0.4 is 4.74 Å². The number of halogens is 3. The molecule has 0 saturated heterocycles. The van der Waals surface area contributed by atoms with Crippen molar-refractivity contribution in [3.05, 3.63) is 102 Å². The lowest BCUT2D eigenvalue weighted by molar-refractivity contribution is -0.274. The van der Waals surface area contributed by atoms with Gasteiger partial charge in [-0.1, -0.05) is 54.6 Å². The van der Waals surface area contributed by atoms with Crippen LogP contribution in [0.4, 0.5) is 13.2 Å². The molecule has 3 rings (SSSR count). The summed E-state index contributed by atoms with van der Waals surface area (Å²) in [6.45, 7) is 0. The van der Waals surface area contributed by atoms with Crippen molar-refractivity contribution >= 4 is 12.0 Å². The van der Waals surface area contributed by atoms with E-state index in [1.54, 1.807) is 25.4 Å². The minimum absolute atomic E-state index is 0.144. The van der Waals surface area contributed by atoms with Gasteiger partial charge in [0.25, 0.3) is 0 Å². The zero-order valence-corrected chi connectivity index (χ0v) is 16.1. The van der Waals surface area contributed by atoms with Crippen LogP contribution >= 0.6 is 0 Å². The van der Waals surface area contributed by atoms with E-state index in [4.69, 9.17) is 0 Å². The summed E-state index contributed by atoms with van der Waals surface area (Å²) in [5.41, 5.74) is 1.68. The van der Waals surface area contributed by atoms with Crippen LogP contribution in [-0.4, -0.2) is 29.2 Å². The Morgan fingerprint density at radius 1 is 1.00 bits per heavy atom. The molecule has 0 aliphatic carbocycles. The lowest BCUT2D eigenvalue weighted by atomic mass is 10.0. The van der Waals surface area contributed by atoms with Gasteiger partial charge < -0.3 is 9.64 Å². The molecule has 1 amide bonds. The van der Waals surface area contributed by atoms with Gasteiger partial charge in [0.2, 0.25) is 5.91 Å². The number of amides is 1. The van der Waals surface area contributed by atoms with Crippen molar-refractivity contribution < 1.29 is 22.7 Å². The van der Waals surface area contributed by atoms with Gasteiger partial charge in [-0.15, -0.1) is 13.2 Å². The van der Waals surface area contributed by atoms with E-state index in [2.05, 4.69) is 9.72 Å². The number of aromatic nitrogens is 1. The highest BCUT2D eigenvalue weighted by molar-refractivity contribution is 5.92. The summed E-state index contributed by atoms with van der Waals surface area (Å²) in [5, 5.41) is 0. The van der Waals surface area contributed by atoms with Gasteiger partial charge in [-0.2, -0.15) is 0 Å². The minimum Gasteiger partial charge on any atom is -0.405 e. The van der Waals surface area contributed by atoms with E-state index in [9.17, 15) is 18.0 Å². The summed E-state index contributed by atoms with van der Waals surface area (Å²) in [4.78, 5) is 18.7. The van der Waals surface area contributed by atoms with Gasteiger partial charge in [0.1, 0.15) is 5.75 Å². The van der Waals surface area contributed by atoms with E-state index in [0.29, 0.717) is 5.69 Å². The van der Waals surface area contributed by atoms with Gasteiger partial charge >= 0.3 is 6.36 Å². The van der Waals surface area contributed by atoms with Gasteiger partial charge in [-0.25, -0.2) is 0 Å². The first-order chi connectivity index (χ1) is 14.3. The summed E-state index contributed by atoms with van der Waals surface area (Å²) in [6, 6.07) is 20.0. The number of carbonyl (C=O) groups excluding carboxylic acids is 1. The van der Waals surface area contributed by atoms with Gasteiger partial charge in [0.15, 0.2) is 0 Å². The molecule has 0 fully saturated rings. The molecule has 1 heterocycles. The Hall–Kier alpha value is -3.61. The average molecular weight is 412 g/mol. The minimum atomic E-state index is -4.82. The van der Waals surface area contributed by atoms with E-state index in [0.717, 1.165) is 5.56 Å². The van der Waals surface area contributed by atoms with Crippen LogP contribution in [0, 0.1) is 0 Å². The number of alkyl halides is 3. The SMILES string of the molecule is CN(C(=O)/C=C/c1ccccc1OC(F)(F)F)C(c1ccccc1)c1ccccn1. The molecule has 7 heteroatoms. The fraction of sp³-hybridized carbons (Fsp3) is 0.130. The maximum atomic E-state index is 12.8. The predicted octanol–water partition coefficient (Wildman–Crippen LogP) is 5.24. The van der Waals surface area contributed by atoms with E-state index < -0.39 is 18.3 Å². The second-order valence-electron chi connectivity index (χ2n) is 6.44. The molecule has 0 aliphatic heterocycles. The van der Waals surface area contributed by atoms with Crippen LogP contribution in [0.1, 0.15) is 22.9 Å². The zero-order chi connectivity index (χ0) is 21.6. The first kappa shape index (κ1) is 21.1. The predicted molar refractivity (Wildman–Crippen MR) is 107 cm³/mol. The molecule has 1 atom stereocenters. The Kier molecular flexibility index (Phi) is 6.51. The molecule has 0 bridgehead atoms. The van der Waals surface area contributed by atoms with Crippen LogP contribution in [0.25, 0.3) is 6.08 Å². The smallest absolute Gasteiger partial charge is 0.405 e. The summed E-state index contributed by atoms with van der Waals surface area (Å²) in [5.74, 6) is -0.766. The second-order valence-corrected chi connectivity index (χ2v) is 6.44. The van der Waals surface area contributed by atoms with Gasteiger partial charge in [0, 0.05) is 24.9 Å². The van der Waals surface area contributed by atoms with Gasteiger partial charge in [0.05, 0.1) is 11.7 Å². The molecule has 1 unspecified atom stereocenters. The lowest BCUT2D eigenvalue weighted by Gasteiger charge is -2.27. The Bertz CT molecular complexity index is 966. The number of hydrogen-bond donors (Lipinski definition) is 0. The normalized spacial score (nSPS) is 12.5. The number of hydrogen-bond acceptors (Lipinski definition) is 3. The van der Waals surface area contributed by atoms with Gasteiger partial charge in [-0.05, 0) is 29.8 Å². The summed E-state index contributed by atoms with van der Waals surface area (Å²) < 4.78 is 41.8. The Morgan fingerprint density at radius 3 is 2.33 bits per heavy atom. The molecule has 3 aromatic rings. The molecule has 0 aliphatic rings. The molecular weight excluding hydrogens is 393 g/mol. The average Bonchev–Trinajstić information content (AvgIpc) is 2.73. The number of benzene rings is 2. The van der Waals surface area contributed by atoms with Crippen molar-refractivity contribution in [2.75, 3.05) is 7.05 Å². The molecule has 154 valence electrons. The largest absolute Gasteiger partial charge is 0.573 e. The third-order valence-electron chi connectivity index (χ3n) is 4.37. The van der Waals surface area contributed by atoms with Crippen molar-refractivity contribution in [2.45, 2.75) is 12.4 Å². The summed E-state index contributed by atoms with van der Waals surface area (Å²) >= 11 is 0. The molecule has 30 heavy (non-hydrogen) atoms. The number of carbonyl (C=O) groups is 1. The molecular formula is C23H19F3N2O2. The van der Waals surface area contributed by atoms with Crippen LogP contribution in [0.3, 0.4) is 0 Å². The first-order valence-corrected chi connectivity index (χ1v) is 9.10. The topological polar surface area (TPSA) is 42.4 Å². The number of rotatable bonds is 6. The third-order valence-corrected chi connectivity index (χ3v) is 4.37. The molecule has 0 radical (unpaired) electrons. The number of likely N-dealkylation sites (N-methyl/N-ethyl adjacent to an activating group) is 1. The maximum Gasteiger partial charge on any atom is 0.573 e. The Balaban J connectivity index is 1.87. The molecule has 4 nitrogen and oxygen atoms in total. The van der Waals surface area contributed by atoms with Crippen LogP contribution in [-0.2, 0) is 4.79 Å². The number of pyridine rings is 1. The highest BCUT2D eigenvalue weighted by Gasteiger charge is 2.31. The number of ether oxygens (including phenoxy) is 1. The molecule has 0 N–H and O–H groups in total. The van der Waals surface area contributed by atoms with Crippen molar-refractivity contribution in [1.29, 1.82) is 0 Å². The zero-order valence-electron chi connectivity index (χ0n) is 16.1. The lowest BCUT2D eigenvalue weighted by Crippen LogP contribution is -2.31. The van der Waals surface area contributed by atoms with Crippen molar-refractivity contribution in [1.82, 2.24) is 9.88 Å². The summed E-state index contributed by atoms with van der Waals surface area (Å²) in [7, 11) is 1.62. The molecule has 2 aromatic carbocycles. The monoisotopic (exact) mass is 412 g/mol. The molecule has 0 spiro atoms.